The van der Waals surface area contributed by atoms with E-state index >= 15 is 0 Å². The second-order valence-corrected chi connectivity index (χ2v) is 8.22. The molecule has 1 N–H and O–H groups in total. The van der Waals surface area contributed by atoms with Gasteiger partial charge in [-0.25, -0.2) is 13.4 Å². The molecule has 0 bridgehead atoms. The Morgan fingerprint density at radius 3 is 2.73 bits per heavy atom. The summed E-state index contributed by atoms with van der Waals surface area (Å²) in [4.78, 5) is 9.24. The molecule has 0 atom stereocenters. The van der Waals surface area contributed by atoms with Crippen molar-refractivity contribution in [2.24, 2.45) is 0 Å². The van der Waals surface area contributed by atoms with Gasteiger partial charge in [0.05, 0.1) is 10.4 Å². The van der Waals surface area contributed by atoms with Crippen LogP contribution < -0.4 is 5.32 Å². The Bertz CT molecular complexity index is 1230. The lowest BCUT2D eigenvalue weighted by Gasteiger charge is -2.13. The van der Waals surface area contributed by atoms with Gasteiger partial charge in [-0.1, -0.05) is 24.3 Å². The molecule has 0 aliphatic carbocycles. The normalized spacial score (nSPS) is 11.9. The van der Waals surface area contributed by atoms with Crippen molar-refractivity contribution in [3.8, 4) is 0 Å². The molecule has 0 aliphatic heterocycles. The lowest BCUT2D eigenvalue weighted by Crippen LogP contribution is -2.08. The average Bonchev–Trinajstić information content (AvgIpc) is 3.08. The molecular formula is C19H18N4O2S. The first-order valence-corrected chi connectivity index (χ1v) is 10.1. The van der Waals surface area contributed by atoms with Gasteiger partial charge in [0.15, 0.2) is 9.84 Å². The largest absolute Gasteiger partial charge is 0.365 e. The Balaban J connectivity index is 1.75. The van der Waals surface area contributed by atoms with Gasteiger partial charge in [0.2, 0.25) is 5.78 Å². The van der Waals surface area contributed by atoms with Crippen LogP contribution in [0.15, 0.2) is 59.8 Å². The smallest absolute Gasteiger partial charge is 0.236 e. The van der Waals surface area contributed by atoms with Crippen LogP contribution in [0.2, 0.25) is 0 Å². The third-order valence-electron chi connectivity index (χ3n) is 4.49. The van der Waals surface area contributed by atoms with Crippen LogP contribution in [-0.2, 0) is 16.4 Å². The van der Waals surface area contributed by atoms with E-state index in [4.69, 9.17) is 0 Å². The average molecular weight is 366 g/mol. The predicted molar refractivity (Wildman–Crippen MR) is 102 cm³/mol. The Morgan fingerprint density at radius 2 is 1.92 bits per heavy atom. The van der Waals surface area contributed by atoms with Gasteiger partial charge in [-0.05, 0) is 36.2 Å². The maximum Gasteiger partial charge on any atom is 0.236 e. The van der Waals surface area contributed by atoms with Gasteiger partial charge in [-0.3, -0.25) is 4.40 Å². The summed E-state index contributed by atoms with van der Waals surface area (Å²) in [6, 6.07) is 13.3. The van der Waals surface area contributed by atoms with Gasteiger partial charge in [-0.15, -0.1) is 0 Å². The van der Waals surface area contributed by atoms with Crippen LogP contribution in [-0.4, -0.2) is 29.0 Å². The number of aromatic nitrogens is 3. The number of rotatable bonds is 4. The molecule has 2 aromatic carbocycles. The number of para-hydroxylation sites is 1. The van der Waals surface area contributed by atoms with E-state index < -0.39 is 9.84 Å². The van der Waals surface area contributed by atoms with E-state index in [9.17, 15) is 8.42 Å². The minimum atomic E-state index is -3.25. The monoisotopic (exact) mass is 366 g/mol. The Kier molecular flexibility index (Phi) is 3.88. The highest BCUT2D eigenvalue weighted by Gasteiger charge is 2.14. The molecule has 6 nitrogen and oxygen atoms in total. The Morgan fingerprint density at radius 1 is 1.12 bits per heavy atom. The van der Waals surface area contributed by atoms with Gasteiger partial charge < -0.3 is 5.32 Å². The molecule has 26 heavy (non-hydrogen) atoms. The van der Waals surface area contributed by atoms with Crippen molar-refractivity contribution >= 4 is 32.3 Å². The molecule has 0 fully saturated rings. The first-order chi connectivity index (χ1) is 12.4. The number of sulfone groups is 1. The molecule has 4 rings (SSSR count). The molecule has 0 aliphatic rings. The SMILES string of the molecule is Cc1c(CNc2nc3nccn3c3ccccc23)cccc1S(C)(=O)=O. The molecule has 0 radical (unpaired) electrons. The maximum absolute atomic E-state index is 11.9. The summed E-state index contributed by atoms with van der Waals surface area (Å²) in [5.41, 5.74) is 2.69. The first kappa shape index (κ1) is 16.5. The second-order valence-electron chi connectivity index (χ2n) is 6.24. The molecule has 2 heterocycles. The Labute approximate surface area is 151 Å². The first-order valence-electron chi connectivity index (χ1n) is 8.19. The topological polar surface area (TPSA) is 76.4 Å². The van der Waals surface area contributed by atoms with Gasteiger partial charge in [0, 0.05) is 30.6 Å². The molecule has 0 saturated carbocycles. The highest BCUT2D eigenvalue weighted by molar-refractivity contribution is 7.90. The fourth-order valence-electron chi connectivity index (χ4n) is 3.18. The van der Waals surface area contributed by atoms with Gasteiger partial charge in [-0.2, -0.15) is 4.98 Å². The molecule has 132 valence electrons. The van der Waals surface area contributed by atoms with Crippen LogP contribution in [0.5, 0.6) is 0 Å². The van der Waals surface area contributed by atoms with Crippen LogP contribution in [0.1, 0.15) is 11.1 Å². The molecule has 7 heteroatoms. The van der Waals surface area contributed by atoms with E-state index in [1.165, 1.54) is 6.26 Å². The van der Waals surface area contributed by atoms with Crippen LogP contribution in [0, 0.1) is 6.92 Å². The molecule has 0 spiro atoms. The summed E-state index contributed by atoms with van der Waals surface area (Å²) in [5, 5.41) is 4.33. The van der Waals surface area contributed by atoms with Gasteiger partial charge >= 0.3 is 0 Å². The quantitative estimate of drug-likeness (QED) is 0.600. The summed E-state index contributed by atoms with van der Waals surface area (Å²) in [5.74, 6) is 1.34. The van der Waals surface area contributed by atoms with Gasteiger partial charge in [0.1, 0.15) is 5.82 Å². The Hall–Kier alpha value is -2.93. The van der Waals surface area contributed by atoms with E-state index in [1.54, 1.807) is 18.3 Å². The molecule has 4 aromatic rings. The van der Waals surface area contributed by atoms with Crippen LogP contribution >= 0.6 is 0 Å². The summed E-state index contributed by atoms with van der Waals surface area (Å²) in [6.45, 7) is 2.31. The molecular weight excluding hydrogens is 348 g/mol. The van der Waals surface area contributed by atoms with E-state index in [0.717, 1.165) is 27.8 Å². The highest BCUT2D eigenvalue weighted by atomic mass is 32.2. The second kappa shape index (κ2) is 6.10. The number of imidazole rings is 1. The van der Waals surface area contributed by atoms with Gasteiger partial charge in [0.25, 0.3) is 0 Å². The zero-order valence-corrected chi connectivity index (χ0v) is 15.3. The van der Waals surface area contributed by atoms with E-state index in [-0.39, 0.29) is 0 Å². The number of nitrogens with one attached hydrogen (secondary N) is 1. The lowest BCUT2D eigenvalue weighted by atomic mass is 10.1. The lowest BCUT2D eigenvalue weighted by molar-refractivity contribution is 0.601. The predicted octanol–water partition coefficient (Wildman–Crippen LogP) is 3.21. The fourth-order valence-corrected chi connectivity index (χ4v) is 4.19. The van der Waals surface area contributed by atoms with E-state index in [0.29, 0.717) is 17.2 Å². The highest BCUT2D eigenvalue weighted by Crippen LogP contribution is 2.24. The van der Waals surface area contributed by atoms with Crippen molar-refractivity contribution in [2.45, 2.75) is 18.4 Å². The van der Waals surface area contributed by atoms with Crippen molar-refractivity contribution in [3.05, 3.63) is 66.0 Å². The van der Waals surface area contributed by atoms with Crippen molar-refractivity contribution in [2.75, 3.05) is 11.6 Å². The summed E-state index contributed by atoms with van der Waals surface area (Å²) < 4.78 is 25.8. The maximum atomic E-state index is 11.9. The van der Waals surface area contributed by atoms with Crippen molar-refractivity contribution in [1.29, 1.82) is 0 Å². The van der Waals surface area contributed by atoms with Crippen molar-refractivity contribution in [3.63, 3.8) is 0 Å². The summed E-state index contributed by atoms with van der Waals surface area (Å²) >= 11 is 0. The third kappa shape index (κ3) is 2.80. The minimum Gasteiger partial charge on any atom is -0.365 e. The number of fused-ring (bicyclic) bond motifs is 3. The van der Waals surface area contributed by atoms with E-state index in [2.05, 4.69) is 15.3 Å². The van der Waals surface area contributed by atoms with E-state index in [1.807, 2.05) is 47.9 Å². The molecule has 0 unspecified atom stereocenters. The van der Waals surface area contributed by atoms with Crippen LogP contribution in [0.4, 0.5) is 5.82 Å². The standard InChI is InChI=1S/C19H18N4O2S/c1-13-14(6-5-9-17(13)26(2,24)25)12-21-18-15-7-3-4-8-16(15)23-11-10-20-19(23)22-18/h3-11H,12H2,1-2H3,(H,20,21,22). The third-order valence-corrected chi connectivity index (χ3v) is 5.73. The van der Waals surface area contributed by atoms with Crippen molar-refractivity contribution in [1.82, 2.24) is 14.4 Å². The fraction of sp³-hybridized carbons (Fsp3) is 0.158. The van der Waals surface area contributed by atoms with Crippen LogP contribution in [0.25, 0.3) is 16.7 Å². The number of anilines is 1. The zero-order valence-electron chi connectivity index (χ0n) is 14.5. The minimum absolute atomic E-state index is 0.360. The number of hydrogen-bond donors (Lipinski definition) is 1. The number of hydrogen-bond acceptors (Lipinski definition) is 5. The molecule has 0 amide bonds. The van der Waals surface area contributed by atoms with Crippen molar-refractivity contribution < 1.29 is 8.42 Å². The summed E-state index contributed by atoms with van der Waals surface area (Å²) in [7, 11) is -3.25. The number of nitrogens with zero attached hydrogens (tertiary/aromatic N) is 3. The zero-order chi connectivity index (χ0) is 18.3. The molecule has 2 aromatic heterocycles. The van der Waals surface area contributed by atoms with Crippen LogP contribution in [0.3, 0.4) is 0 Å². The summed E-state index contributed by atoms with van der Waals surface area (Å²) in [6.07, 6.45) is 4.83. The molecule has 0 saturated heterocycles. The number of benzene rings is 2.